The Labute approximate surface area is 98.5 Å². The average Bonchev–Trinajstić information content (AvgIpc) is 2.79. The van der Waals surface area contributed by atoms with Crippen molar-refractivity contribution in [3.05, 3.63) is 35.9 Å². The third-order valence-electron chi connectivity index (χ3n) is 4.04. The van der Waals surface area contributed by atoms with Gasteiger partial charge in [-0.05, 0) is 24.3 Å². The molecule has 1 aromatic carbocycles. The van der Waals surface area contributed by atoms with Gasteiger partial charge in [0.2, 0.25) is 0 Å². The Bertz CT molecular complexity index is 323. The normalized spacial score (nSPS) is 21.2. The van der Waals surface area contributed by atoms with E-state index in [2.05, 4.69) is 38.1 Å². The van der Waals surface area contributed by atoms with Crippen molar-refractivity contribution in [1.82, 2.24) is 0 Å². The largest absolute Gasteiger partial charge is 0.392 e. The van der Waals surface area contributed by atoms with Crippen molar-refractivity contribution >= 4 is 0 Å². The van der Waals surface area contributed by atoms with E-state index in [0.29, 0.717) is 5.92 Å². The minimum atomic E-state index is -0.211. The summed E-state index contributed by atoms with van der Waals surface area (Å²) < 4.78 is 0. The standard InChI is InChI=1S/C15H22O/c1-12(2)14(16)15(10-6-7-11-15)13-8-4-3-5-9-13/h3-5,8-9,12,14,16H,6-7,10-11H2,1-2H3. The molecule has 0 aliphatic heterocycles. The summed E-state index contributed by atoms with van der Waals surface area (Å²) in [6.07, 6.45) is 4.56. The molecule has 1 nitrogen and oxygen atoms in total. The lowest BCUT2D eigenvalue weighted by atomic mass is 9.71. The molecule has 0 amide bonds. The van der Waals surface area contributed by atoms with E-state index >= 15 is 0 Å². The smallest absolute Gasteiger partial charge is 0.0659 e. The predicted octanol–water partition coefficient (Wildman–Crippen LogP) is 3.52. The molecule has 0 saturated heterocycles. The van der Waals surface area contributed by atoms with Crippen LogP contribution in [0.1, 0.15) is 45.1 Å². The fraction of sp³-hybridized carbons (Fsp3) is 0.600. The Kier molecular flexibility index (Phi) is 3.34. The summed E-state index contributed by atoms with van der Waals surface area (Å²) in [6.45, 7) is 4.24. The van der Waals surface area contributed by atoms with Crippen LogP contribution in [0.2, 0.25) is 0 Å². The minimum absolute atomic E-state index is 0.0232. The van der Waals surface area contributed by atoms with Gasteiger partial charge in [-0.15, -0.1) is 0 Å². The summed E-state index contributed by atoms with van der Waals surface area (Å²) in [7, 11) is 0. The molecule has 0 heterocycles. The number of benzene rings is 1. The molecule has 88 valence electrons. The topological polar surface area (TPSA) is 20.2 Å². The summed E-state index contributed by atoms with van der Waals surface area (Å²) in [5.41, 5.74) is 1.35. The summed E-state index contributed by atoms with van der Waals surface area (Å²) in [5.74, 6) is 0.332. The number of hydrogen-bond acceptors (Lipinski definition) is 1. The molecular weight excluding hydrogens is 196 g/mol. The van der Waals surface area contributed by atoms with Gasteiger partial charge in [0, 0.05) is 5.41 Å². The fourth-order valence-electron chi connectivity index (χ4n) is 3.17. The highest BCUT2D eigenvalue weighted by Crippen LogP contribution is 2.45. The number of rotatable bonds is 3. The molecule has 0 spiro atoms. The maximum Gasteiger partial charge on any atom is 0.0659 e. The molecule has 1 atom stereocenters. The molecule has 1 N–H and O–H groups in total. The molecule has 0 bridgehead atoms. The summed E-state index contributed by atoms with van der Waals surface area (Å²) >= 11 is 0. The zero-order chi connectivity index (χ0) is 11.6. The van der Waals surface area contributed by atoms with E-state index in [1.165, 1.54) is 18.4 Å². The highest BCUT2D eigenvalue weighted by atomic mass is 16.3. The van der Waals surface area contributed by atoms with Crippen molar-refractivity contribution in [2.75, 3.05) is 0 Å². The monoisotopic (exact) mass is 218 g/mol. The van der Waals surface area contributed by atoms with Gasteiger partial charge in [-0.25, -0.2) is 0 Å². The van der Waals surface area contributed by atoms with Crippen LogP contribution in [0.5, 0.6) is 0 Å². The van der Waals surface area contributed by atoms with Gasteiger partial charge in [0.1, 0.15) is 0 Å². The maximum atomic E-state index is 10.5. The molecule has 2 rings (SSSR count). The molecule has 1 heteroatoms. The van der Waals surface area contributed by atoms with Crippen LogP contribution in [0.25, 0.3) is 0 Å². The van der Waals surface area contributed by atoms with E-state index in [9.17, 15) is 5.11 Å². The Morgan fingerprint density at radius 3 is 2.12 bits per heavy atom. The predicted molar refractivity (Wildman–Crippen MR) is 67.4 cm³/mol. The van der Waals surface area contributed by atoms with Gasteiger partial charge in [-0.2, -0.15) is 0 Å². The molecule has 1 aliphatic rings. The fourth-order valence-corrected chi connectivity index (χ4v) is 3.17. The van der Waals surface area contributed by atoms with Crippen molar-refractivity contribution in [3.8, 4) is 0 Å². The lowest BCUT2D eigenvalue weighted by molar-refractivity contribution is 0.0423. The molecule has 1 unspecified atom stereocenters. The van der Waals surface area contributed by atoms with Gasteiger partial charge in [-0.3, -0.25) is 0 Å². The van der Waals surface area contributed by atoms with Gasteiger partial charge >= 0.3 is 0 Å². The molecule has 16 heavy (non-hydrogen) atoms. The quantitative estimate of drug-likeness (QED) is 0.823. The van der Waals surface area contributed by atoms with Crippen LogP contribution in [0.3, 0.4) is 0 Å². The van der Waals surface area contributed by atoms with Crippen molar-refractivity contribution in [3.63, 3.8) is 0 Å². The average molecular weight is 218 g/mol. The highest BCUT2D eigenvalue weighted by Gasteiger charge is 2.42. The lowest BCUT2D eigenvalue weighted by Crippen LogP contribution is -2.40. The second-order valence-corrected chi connectivity index (χ2v) is 5.42. The van der Waals surface area contributed by atoms with E-state index in [0.717, 1.165) is 12.8 Å². The first-order valence-corrected chi connectivity index (χ1v) is 6.40. The van der Waals surface area contributed by atoms with E-state index in [1.54, 1.807) is 0 Å². The second kappa shape index (κ2) is 4.58. The molecule has 0 radical (unpaired) electrons. The Morgan fingerprint density at radius 1 is 1.06 bits per heavy atom. The number of aliphatic hydroxyl groups is 1. The summed E-state index contributed by atoms with van der Waals surface area (Å²) in [5, 5.41) is 10.5. The molecule has 1 fully saturated rings. The van der Waals surface area contributed by atoms with Gasteiger partial charge in [0.25, 0.3) is 0 Å². The van der Waals surface area contributed by atoms with Gasteiger partial charge in [0.15, 0.2) is 0 Å². The van der Waals surface area contributed by atoms with Crippen molar-refractivity contribution in [1.29, 1.82) is 0 Å². The third-order valence-corrected chi connectivity index (χ3v) is 4.04. The van der Waals surface area contributed by atoms with Crippen molar-refractivity contribution < 1.29 is 5.11 Å². The Hall–Kier alpha value is -0.820. The van der Waals surface area contributed by atoms with E-state index in [4.69, 9.17) is 0 Å². The molecular formula is C15H22O. The lowest BCUT2D eigenvalue weighted by Gasteiger charge is -2.37. The zero-order valence-electron chi connectivity index (χ0n) is 10.3. The van der Waals surface area contributed by atoms with Crippen molar-refractivity contribution in [2.45, 2.75) is 51.0 Å². The maximum absolute atomic E-state index is 10.5. The molecule has 0 aromatic heterocycles. The molecule has 1 saturated carbocycles. The van der Waals surface area contributed by atoms with Crippen LogP contribution < -0.4 is 0 Å². The van der Waals surface area contributed by atoms with Crippen LogP contribution in [-0.2, 0) is 5.41 Å². The van der Waals surface area contributed by atoms with Gasteiger partial charge < -0.3 is 5.11 Å². The zero-order valence-corrected chi connectivity index (χ0v) is 10.3. The van der Waals surface area contributed by atoms with Crippen LogP contribution in [0.15, 0.2) is 30.3 Å². The first-order valence-electron chi connectivity index (χ1n) is 6.40. The van der Waals surface area contributed by atoms with Gasteiger partial charge in [-0.1, -0.05) is 57.0 Å². The Balaban J connectivity index is 2.36. The summed E-state index contributed by atoms with van der Waals surface area (Å²) in [6, 6.07) is 10.6. The molecule has 1 aromatic rings. The van der Waals surface area contributed by atoms with E-state index in [-0.39, 0.29) is 11.5 Å². The van der Waals surface area contributed by atoms with Crippen LogP contribution in [0, 0.1) is 5.92 Å². The van der Waals surface area contributed by atoms with Crippen LogP contribution in [0.4, 0.5) is 0 Å². The second-order valence-electron chi connectivity index (χ2n) is 5.42. The Morgan fingerprint density at radius 2 is 1.62 bits per heavy atom. The van der Waals surface area contributed by atoms with Crippen molar-refractivity contribution in [2.24, 2.45) is 5.92 Å². The number of hydrogen-bond donors (Lipinski definition) is 1. The van der Waals surface area contributed by atoms with Gasteiger partial charge in [0.05, 0.1) is 6.10 Å². The van der Waals surface area contributed by atoms with E-state index < -0.39 is 0 Å². The highest BCUT2D eigenvalue weighted by molar-refractivity contribution is 5.28. The van der Waals surface area contributed by atoms with Crippen LogP contribution in [-0.4, -0.2) is 11.2 Å². The SMILES string of the molecule is CC(C)C(O)C1(c2ccccc2)CCCC1. The first kappa shape index (κ1) is 11.7. The summed E-state index contributed by atoms with van der Waals surface area (Å²) in [4.78, 5) is 0. The minimum Gasteiger partial charge on any atom is -0.392 e. The van der Waals surface area contributed by atoms with Crippen LogP contribution >= 0.6 is 0 Å². The number of aliphatic hydroxyl groups excluding tert-OH is 1. The molecule has 1 aliphatic carbocycles. The third kappa shape index (κ3) is 1.89. The first-order chi connectivity index (χ1) is 7.67. The van der Waals surface area contributed by atoms with E-state index in [1.807, 2.05) is 6.07 Å².